The standard InChI is InChI=1S/C16H25NO2S/c1-3-17-16-14(8-6-12-20(2,18)19)11-10-13-7-4-5-9-15(13)16/h4-5,7,9,14,16-17H,3,6,8,10-12H2,1-2H3. The molecule has 1 aromatic carbocycles. The van der Waals surface area contributed by atoms with E-state index in [-0.39, 0.29) is 0 Å². The minimum absolute atomic E-state index is 0.310. The summed E-state index contributed by atoms with van der Waals surface area (Å²) in [5, 5.41) is 3.59. The maximum atomic E-state index is 11.3. The fraction of sp³-hybridized carbons (Fsp3) is 0.625. The maximum Gasteiger partial charge on any atom is 0.147 e. The summed E-state index contributed by atoms with van der Waals surface area (Å²) >= 11 is 0. The monoisotopic (exact) mass is 295 g/mol. The van der Waals surface area contributed by atoms with E-state index in [2.05, 4.69) is 36.5 Å². The molecule has 0 aromatic heterocycles. The van der Waals surface area contributed by atoms with Gasteiger partial charge in [-0.05, 0) is 49.3 Å². The molecule has 0 bridgehead atoms. The first-order chi connectivity index (χ1) is 9.51. The molecular weight excluding hydrogens is 270 g/mol. The largest absolute Gasteiger partial charge is 0.310 e. The lowest BCUT2D eigenvalue weighted by atomic mass is 9.77. The van der Waals surface area contributed by atoms with Crippen LogP contribution in [0.15, 0.2) is 24.3 Å². The Hall–Kier alpha value is -0.870. The van der Waals surface area contributed by atoms with Gasteiger partial charge in [0.2, 0.25) is 0 Å². The van der Waals surface area contributed by atoms with Crippen LogP contribution in [0, 0.1) is 5.92 Å². The van der Waals surface area contributed by atoms with Crippen molar-refractivity contribution in [2.75, 3.05) is 18.6 Å². The van der Waals surface area contributed by atoms with E-state index >= 15 is 0 Å². The molecule has 112 valence electrons. The van der Waals surface area contributed by atoms with Crippen LogP contribution in [0.2, 0.25) is 0 Å². The molecule has 2 unspecified atom stereocenters. The molecule has 1 aromatic rings. The van der Waals surface area contributed by atoms with Gasteiger partial charge in [0.25, 0.3) is 0 Å². The highest BCUT2D eigenvalue weighted by Gasteiger charge is 2.28. The number of benzene rings is 1. The summed E-state index contributed by atoms with van der Waals surface area (Å²) in [5.74, 6) is 0.857. The molecule has 0 aliphatic heterocycles. The topological polar surface area (TPSA) is 46.2 Å². The molecular formula is C16H25NO2S. The summed E-state index contributed by atoms with van der Waals surface area (Å²) in [5.41, 5.74) is 2.85. The quantitative estimate of drug-likeness (QED) is 0.878. The van der Waals surface area contributed by atoms with Crippen molar-refractivity contribution in [3.63, 3.8) is 0 Å². The van der Waals surface area contributed by atoms with Gasteiger partial charge in [-0.25, -0.2) is 8.42 Å². The Bertz CT molecular complexity index is 539. The van der Waals surface area contributed by atoms with Crippen LogP contribution >= 0.6 is 0 Å². The predicted molar refractivity (Wildman–Crippen MR) is 83.6 cm³/mol. The van der Waals surface area contributed by atoms with Gasteiger partial charge in [-0.2, -0.15) is 0 Å². The van der Waals surface area contributed by atoms with E-state index < -0.39 is 9.84 Å². The number of hydrogen-bond donors (Lipinski definition) is 1. The van der Waals surface area contributed by atoms with Crippen molar-refractivity contribution in [2.24, 2.45) is 5.92 Å². The number of hydrogen-bond acceptors (Lipinski definition) is 3. The van der Waals surface area contributed by atoms with Gasteiger partial charge in [0.1, 0.15) is 9.84 Å². The third kappa shape index (κ3) is 4.06. The fourth-order valence-electron chi connectivity index (χ4n) is 3.24. The van der Waals surface area contributed by atoms with Gasteiger partial charge in [0, 0.05) is 18.1 Å². The lowest BCUT2D eigenvalue weighted by Gasteiger charge is -2.34. The zero-order chi connectivity index (χ0) is 14.6. The number of rotatable bonds is 6. The molecule has 0 spiro atoms. The average Bonchev–Trinajstić information content (AvgIpc) is 2.40. The van der Waals surface area contributed by atoms with Crippen molar-refractivity contribution in [3.8, 4) is 0 Å². The first-order valence-corrected chi connectivity index (χ1v) is 9.56. The van der Waals surface area contributed by atoms with E-state index in [9.17, 15) is 8.42 Å². The molecule has 1 aliphatic carbocycles. The van der Waals surface area contributed by atoms with Gasteiger partial charge in [0.15, 0.2) is 0 Å². The molecule has 2 atom stereocenters. The van der Waals surface area contributed by atoms with Crippen LogP contribution in [0.4, 0.5) is 0 Å². The minimum Gasteiger partial charge on any atom is -0.310 e. The maximum absolute atomic E-state index is 11.3. The summed E-state index contributed by atoms with van der Waals surface area (Å²) in [6.45, 7) is 3.08. The smallest absolute Gasteiger partial charge is 0.147 e. The van der Waals surface area contributed by atoms with E-state index in [0.717, 1.165) is 32.2 Å². The summed E-state index contributed by atoms with van der Waals surface area (Å²) in [6.07, 6.45) is 5.34. The van der Waals surface area contributed by atoms with Gasteiger partial charge in [-0.1, -0.05) is 31.2 Å². The Morgan fingerprint density at radius 1 is 1.30 bits per heavy atom. The highest BCUT2D eigenvalue weighted by Crippen LogP contribution is 2.36. The lowest BCUT2D eigenvalue weighted by Crippen LogP contribution is -2.32. The van der Waals surface area contributed by atoms with Crippen molar-refractivity contribution in [3.05, 3.63) is 35.4 Å². The van der Waals surface area contributed by atoms with Gasteiger partial charge in [-0.15, -0.1) is 0 Å². The Morgan fingerprint density at radius 3 is 2.75 bits per heavy atom. The lowest BCUT2D eigenvalue weighted by molar-refractivity contribution is 0.305. The van der Waals surface area contributed by atoms with Crippen LogP contribution in [0.25, 0.3) is 0 Å². The SMILES string of the molecule is CCNC1c2ccccc2CCC1CCCS(C)(=O)=O. The van der Waals surface area contributed by atoms with Crippen molar-refractivity contribution in [2.45, 2.75) is 38.6 Å². The van der Waals surface area contributed by atoms with Gasteiger partial charge in [-0.3, -0.25) is 0 Å². The number of sulfone groups is 1. The average molecular weight is 295 g/mol. The second kappa shape index (κ2) is 6.72. The molecule has 2 rings (SSSR count). The summed E-state index contributed by atoms with van der Waals surface area (Å²) < 4.78 is 22.5. The predicted octanol–water partition coefficient (Wildman–Crippen LogP) is 2.72. The van der Waals surface area contributed by atoms with E-state index in [1.165, 1.54) is 17.4 Å². The van der Waals surface area contributed by atoms with Crippen molar-refractivity contribution < 1.29 is 8.42 Å². The van der Waals surface area contributed by atoms with Gasteiger partial charge in [0.05, 0.1) is 0 Å². The Morgan fingerprint density at radius 2 is 2.05 bits per heavy atom. The highest BCUT2D eigenvalue weighted by atomic mass is 32.2. The van der Waals surface area contributed by atoms with Crippen molar-refractivity contribution in [1.29, 1.82) is 0 Å². The molecule has 4 heteroatoms. The van der Waals surface area contributed by atoms with Crippen LogP contribution in [0.3, 0.4) is 0 Å². The summed E-state index contributed by atoms with van der Waals surface area (Å²) in [4.78, 5) is 0. The van der Waals surface area contributed by atoms with Crippen LogP contribution < -0.4 is 5.32 Å². The number of aryl methyl sites for hydroxylation is 1. The summed E-state index contributed by atoms with van der Waals surface area (Å²) in [7, 11) is -2.84. The zero-order valence-electron chi connectivity index (χ0n) is 12.4. The summed E-state index contributed by atoms with van der Waals surface area (Å²) in [6, 6.07) is 9.01. The third-order valence-corrected chi connectivity index (χ3v) is 5.19. The molecule has 0 saturated heterocycles. The van der Waals surface area contributed by atoms with Crippen molar-refractivity contribution >= 4 is 9.84 Å². The molecule has 1 N–H and O–H groups in total. The highest BCUT2D eigenvalue weighted by molar-refractivity contribution is 7.90. The fourth-order valence-corrected chi connectivity index (χ4v) is 3.93. The molecule has 20 heavy (non-hydrogen) atoms. The normalized spacial score (nSPS) is 22.5. The second-order valence-electron chi connectivity index (χ2n) is 5.81. The first kappa shape index (κ1) is 15.5. The zero-order valence-corrected chi connectivity index (χ0v) is 13.2. The van der Waals surface area contributed by atoms with E-state index in [1.807, 2.05) is 0 Å². The molecule has 1 aliphatic rings. The van der Waals surface area contributed by atoms with E-state index in [0.29, 0.717) is 17.7 Å². The van der Waals surface area contributed by atoms with Gasteiger partial charge < -0.3 is 5.32 Å². The molecule has 3 nitrogen and oxygen atoms in total. The van der Waals surface area contributed by atoms with E-state index in [4.69, 9.17) is 0 Å². The molecule has 0 amide bonds. The minimum atomic E-state index is -2.84. The van der Waals surface area contributed by atoms with Crippen LogP contribution in [-0.4, -0.2) is 27.0 Å². The van der Waals surface area contributed by atoms with Crippen LogP contribution in [0.5, 0.6) is 0 Å². The molecule has 0 fully saturated rings. The molecule has 0 heterocycles. The Balaban J connectivity index is 2.06. The van der Waals surface area contributed by atoms with Crippen LogP contribution in [-0.2, 0) is 16.3 Å². The van der Waals surface area contributed by atoms with E-state index in [1.54, 1.807) is 0 Å². The second-order valence-corrected chi connectivity index (χ2v) is 8.06. The van der Waals surface area contributed by atoms with Crippen molar-refractivity contribution in [1.82, 2.24) is 5.32 Å². The molecule has 0 saturated carbocycles. The van der Waals surface area contributed by atoms with Crippen LogP contribution in [0.1, 0.15) is 43.4 Å². The molecule has 0 radical (unpaired) electrons. The Kier molecular flexibility index (Phi) is 5.22. The third-order valence-electron chi connectivity index (χ3n) is 4.16. The number of nitrogens with one attached hydrogen (secondary N) is 1. The number of fused-ring (bicyclic) bond motifs is 1. The Labute approximate surface area is 122 Å². The van der Waals surface area contributed by atoms with Gasteiger partial charge >= 0.3 is 0 Å². The first-order valence-electron chi connectivity index (χ1n) is 7.50.